The van der Waals surface area contributed by atoms with Crippen LogP contribution in [0.25, 0.3) is 0 Å². The molecule has 1 aliphatic heterocycles. The smallest absolute Gasteiger partial charge is 0.267 e. The van der Waals surface area contributed by atoms with E-state index in [1.807, 2.05) is 0 Å². The van der Waals surface area contributed by atoms with Gasteiger partial charge in [-0.2, -0.15) is 5.10 Å². The lowest BCUT2D eigenvalue weighted by atomic mass is 9.92. The Morgan fingerprint density at radius 2 is 1.97 bits per heavy atom. The second-order valence-corrected chi connectivity index (χ2v) is 8.85. The zero-order valence-corrected chi connectivity index (χ0v) is 18.0. The number of likely N-dealkylation sites (tertiary alicyclic amines) is 1. The number of amides is 1. The molecule has 1 atom stereocenters. The number of nitrogens with zero attached hydrogens (tertiary/aromatic N) is 3. The van der Waals surface area contributed by atoms with E-state index in [2.05, 4.69) is 41.1 Å². The fourth-order valence-corrected chi connectivity index (χ4v) is 3.70. The van der Waals surface area contributed by atoms with Crippen molar-refractivity contribution in [2.75, 3.05) is 19.6 Å². The van der Waals surface area contributed by atoms with E-state index in [1.165, 1.54) is 6.07 Å². The molecule has 30 heavy (non-hydrogen) atoms. The molecule has 0 saturated carbocycles. The minimum atomic E-state index is -0.294. The van der Waals surface area contributed by atoms with Gasteiger partial charge >= 0.3 is 0 Å². The monoisotopic (exact) mass is 413 g/mol. The highest BCUT2D eigenvalue weighted by molar-refractivity contribution is 5.92. The summed E-state index contributed by atoms with van der Waals surface area (Å²) in [5.41, 5.74) is 0.641. The zero-order valence-electron chi connectivity index (χ0n) is 18.0. The maximum absolute atomic E-state index is 12.3. The number of piperidine rings is 1. The molecule has 1 unspecified atom stereocenters. The molecule has 8 nitrogen and oxygen atoms in total. The van der Waals surface area contributed by atoms with Gasteiger partial charge in [-0.25, -0.2) is 4.68 Å². The number of hydrogen-bond acceptors (Lipinski definition) is 5. The summed E-state index contributed by atoms with van der Waals surface area (Å²) in [4.78, 5) is 40.9. The van der Waals surface area contributed by atoms with Gasteiger partial charge in [0.05, 0.1) is 12.2 Å². The van der Waals surface area contributed by atoms with Crippen molar-refractivity contribution in [3.63, 3.8) is 0 Å². The first-order chi connectivity index (χ1) is 14.2. The standard InChI is InChI=1S/C22H31N5O3/c1-22(2,3)18-10-11-20(29)27(25-18)14-13-26-12-5-4-7-16(26)15-23-21(30)17-8-6-9-19(28)24-17/h6,8-11,16H,4-5,7,12-15H2,1-3H3,(H,23,30)(H,24,28). The zero-order chi connectivity index (χ0) is 21.7. The van der Waals surface area contributed by atoms with Crippen LogP contribution in [0.3, 0.4) is 0 Å². The first kappa shape index (κ1) is 22.0. The molecule has 1 amide bonds. The highest BCUT2D eigenvalue weighted by Gasteiger charge is 2.23. The van der Waals surface area contributed by atoms with Gasteiger partial charge in [-0.05, 0) is 31.5 Å². The molecule has 3 rings (SSSR count). The van der Waals surface area contributed by atoms with Crippen LogP contribution in [-0.4, -0.2) is 51.2 Å². The van der Waals surface area contributed by atoms with Gasteiger partial charge in [-0.1, -0.05) is 33.3 Å². The Bertz CT molecular complexity index is 989. The van der Waals surface area contributed by atoms with Crippen LogP contribution in [0, 0.1) is 0 Å². The topological polar surface area (TPSA) is 100 Å². The average Bonchev–Trinajstić information content (AvgIpc) is 2.71. The van der Waals surface area contributed by atoms with Crippen molar-refractivity contribution in [1.82, 2.24) is 25.0 Å². The third-order valence-corrected chi connectivity index (χ3v) is 5.49. The molecule has 0 radical (unpaired) electrons. The molecule has 2 aromatic rings. The van der Waals surface area contributed by atoms with Crippen molar-refractivity contribution in [2.24, 2.45) is 0 Å². The molecule has 0 aromatic carbocycles. The van der Waals surface area contributed by atoms with Crippen LogP contribution in [0.2, 0.25) is 0 Å². The highest BCUT2D eigenvalue weighted by atomic mass is 16.2. The van der Waals surface area contributed by atoms with Crippen LogP contribution in [0.1, 0.15) is 56.2 Å². The Labute approximate surface area is 176 Å². The van der Waals surface area contributed by atoms with Gasteiger partial charge < -0.3 is 10.3 Å². The van der Waals surface area contributed by atoms with Gasteiger partial charge in [-0.3, -0.25) is 19.3 Å². The fraction of sp³-hybridized carbons (Fsp3) is 0.545. The summed E-state index contributed by atoms with van der Waals surface area (Å²) in [6.45, 7) is 8.87. The van der Waals surface area contributed by atoms with Crippen molar-refractivity contribution < 1.29 is 4.79 Å². The second-order valence-electron chi connectivity index (χ2n) is 8.85. The molecule has 162 valence electrons. The van der Waals surface area contributed by atoms with Crippen LogP contribution < -0.4 is 16.4 Å². The lowest BCUT2D eigenvalue weighted by Crippen LogP contribution is -2.48. The molecule has 8 heteroatoms. The van der Waals surface area contributed by atoms with Gasteiger partial charge in [-0.15, -0.1) is 0 Å². The Morgan fingerprint density at radius 1 is 1.17 bits per heavy atom. The lowest BCUT2D eigenvalue weighted by Gasteiger charge is -2.35. The van der Waals surface area contributed by atoms with E-state index in [9.17, 15) is 14.4 Å². The van der Waals surface area contributed by atoms with Crippen LogP contribution in [-0.2, 0) is 12.0 Å². The van der Waals surface area contributed by atoms with E-state index in [-0.39, 0.29) is 34.2 Å². The number of aromatic nitrogens is 3. The summed E-state index contributed by atoms with van der Waals surface area (Å²) in [6, 6.07) is 8.12. The van der Waals surface area contributed by atoms with Crippen molar-refractivity contribution >= 4 is 5.91 Å². The van der Waals surface area contributed by atoms with Crippen molar-refractivity contribution in [3.8, 4) is 0 Å². The quantitative estimate of drug-likeness (QED) is 0.748. The normalized spacial score (nSPS) is 17.6. The maximum Gasteiger partial charge on any atom is 0.267 e. The Morgan fingerprint density at radius 3 is 2.70 bits per heavy atom. The molecule has 0 bridgehead atoms. The first-order valence-electron chi connectivity index (χ1n) is 10.5. The minimum Gasteiger partial charge on any atom is -0.349 e. The third-order valence-electron chi connectivity index (χ3n) is 5.49. The number of pyridine rings is 1. The van der Waals surface area contributed by atoms with Crippen molar-refractivity contribution in [2.45, 2.75) is 58.0 Å². The molecule has 0 spiro atoms. The molecule has 3 heterocycles. The molecule has 2 N–H and O–H groups in total. The number of nitrogens with one attached hydrogen (secondary N) is 2. The molecule has 1 saturated heterocycles. The average molecular weight is 414 g/mol. The van der Waals surface area contributed by atoms with E-state index < -0.39 is 0 Å². The van der Waals surface area contributed by atoms with Crippen molar-refractivity contribution in [1.29, 1.82) is 0 Å². The van der Waals surface area contributed by atoms with Crippen LogP contribution in [0.5, 0.6) is 0 Å². The number of H-pyrrole nitrogens is 1. The number of rotatable bonds is 6. The number of carbonyl (C=O) groups is 1. The Balaban J connectivity index is 1.62. The van der Waals surface area contributed by atoms with Crippen LogP contribution >= 0.6 is 0 Å². The second kappa shape index (κ2) is 9.38. The summed E-state index contributed by atoms with van der Waals surface area (Å²) in [5, 5.41) is 7.48. The van der Waals surface area contributed by atoms with E-state index in [1.54, 1.807) is 28.9 Å². The largest absolute Gasteiger partial charge is 0.349 e. The van der Waals surface area contributed by atoms with Crippen LogP contribution in [0.15, 0.2) is 39.9 Å². The molecule has 1 aliphatic rings. The SMILES string of the molecule is CC(C)(C)c1ccc(=O)n(CCN2CCCCC2CNC(=O)c2cccc(=O)[nH]2)n1. The third kappa shape index (κ3) is 5.66. The van der Waals surface area contributed by atoms with Gasteiger partial charge in [0.2, 0.25) is 5.56 Å². The minimum absolute atomic E-state index is 0.0992. The number of hydrogen-bond donors (Lipinski definition) is 2. The molecular formula is C22H31N5O3. The lowest BCUT2D eigenvalue weighted by molar-refractivity contribution is 0.0904. The summed E-state index contributed by atoms with van der Waals surface area (Å²) in [5.74, 6) is -0.283. The summed E-state index contributed by atoms with van der Waals surface area (Å²) in [6.07, 6.45) is 3.19. The molecular weight excluding hydrogens is 382 g/mol. The molecule has 2 aromatic heterocycles. The molecule has 1 fully saturated rings. The summed E-state index contributed by atoms with van der Waals surface area (Å²) < 4.78 is 1.54. The fourth-order valence-electron chi connectivity index (χ4n) is 3.70. The maximum atomic E-state index is 12.3. The molecule has 0 aliphatic carbocycles. The highest BCUT2D eigenvalue weighted by Crippen LogP contribution is 2.19. The van der Waals surface area contributed by atoms with E-state index in [0.717, 1.165) is 31.5 Å². The summed E-state index contributed by atoms with van der Waals surface area (Å²) >= 11 is 0. The van der Waals surface area contributed by atoms with Crippen molar-refractivity contribution in [3.05, 3.63) is 62.4 Å². The Kier molecular flexibility index (Phi) is 6.87. The number of carbonyl (C=O) groups excluding carboxylic acids is 1. The van der Waals surface area contributed by atoms with E-state index >= 15 is 0 Å². The predicted molar refractivity (Wildman–Crippen MR) is 116 cm³/mol. The van der Waals surface area contributed by atoms with Crippen LogP contribution in [0.4, 0.5) is 0 Å². The van der Waals surface area contributed by atoms with Gasteiger partial charge in [0.15, 0.2) is 0 Å². The number of aromatic amines is 1. The Hall–Kier alpha value is -2.74. The van der Waals surface area contributed by atoms with Gasteiger partial charge in [0, 0.05) is 36.7 Å². The van der Waals surface area contributed by atoms with Gasteiger partial charge in [0.1, 0.15) is 5.69 Å². The predicted octanol–water partition coefficient (Wildman–Crippen LogP) is 1.51. The summed E-state index contributed by atoms with van der Waals surface area (Å²) in [7, 11) is 0. The first-order valence-corrected chi connectivity index (χ1v) is 10.5. The van der Waals surface area contributed by atoms with E-state index in [4.69, 9.17) is 0 Å². The van der Waals surface area contributed by atoms with Gasteiger partial charge in [0.25, 0.3) is 11.5 Å². The van der Waals surface area contributed by atoms with E-state index in [0.29, 0.717) is 19.6 Å².